The lowest BCUT2D eigenvalue weighted by Crippen LogP contribution is -2.25. The maximum absolute atomic E-state index is 14.1. The normalized spacial score (nSPS) is 19.0. The molecule has 0 radical (unpaired) electrons. The summed E-state index contributed by atoms with van der Waals surface area (Å²) >= 11 is -2.74. The van der Waals surface area contributed by atoms with Gasteiger partial charge in [0.15, 0.2) is 0 Å². The van der Waals surface area contributed by atoms with Crippen LogP contribution in [0.4, 0.5) is 21.5 Å². The van der Waals surface area contributed by atoms with Crippen LogP contribution in [0.25, 0.3) is 0 Å². The minimum atomic E-state index is -2.74. The number of carbonyl (C=O) groups excluding carboxylic acids is 1. The average Bonchev–Trinajstić information content (AvgIpc) is 3.54. The van der Waals surface area contributed by atoms with Gasteiger partial charge in [-0.15, -0.1) is 0 Å². The third-order valence-electron chi connectivity index (χ3n) is 5.98. The second kappa shape index (κ2) is 9.69. The molecule has 1 aliphatic carbocycles. The second-order valence-electron chi connectivity index (χ2n) is 8.74. The van der Waals surface area contributed by atoms with Crippen LogP contribution < -0.4 is 14.4 Å². The van der Waals surface area contributed by atoms with Gasteiger partial charge in [0.2, 0.25) is 5.91 Å². The third kappa shape index (κ3) is 4.91. The molecular weight excluding hydrogens is 465 g/mol. The molecule has 1 heterocycles. The van der Waals surface area contributed by atoms with Crippen molar-refractivity contribution in [2.45, 2.75) is 25.2 Å². The summed E-state index contributed by atoms with van der Waals surface area (Å²) in [5.41, 5.74) is 0.341. The number of fused-ring (bicyclic) bond motifs is 3. The molecule has 3 unspecified atom stereocenters. The fourth-order valence-corrected chi connectivity index (χ4v) is 4.91. The number of carbonyl (C=O) groups is 2. The number of aromatic carboxylic acids is 1. The molecule has 182 valence electrons. The van der Waals surface area contributed by atoms with E-state index < -0.39 is 29.0 Å². The number of nitrogens with zero attached hydrogens (tertiary/aromatic N) is 2. The van der Waals surface area contributed by atoms with Crippen molar-refractivity contribution >= 4 is 40.2 Å². The first-order valence-electron chi connectivity index (χ1n) is 10.9. The van der Waals surface area contributed by atoms with Gasteiger partial charge >= 0.3 is 5.97 Å². The topological polar surface area (TPSA) is 119 Å². The monoisotopic (exact) mass is 491 g/mol. The molecule has 1 fully saturated rings. The van der Waals surface area contributed by atoms with Gasteiger partial charge < -0.3 is 20.1 Å². The number of amides is 1. The van der Waals surface area contributed by atoms with E-state index in [4.69, 9.17) is 4.74 Å². The minimum Gasteiger partial charge on any atom is -0.492 e. The number of carboxylic acid groups (broad SMARTS) is 1. The predicted molar refractivity (Wildman–Crippen MR) is 125 cm³/mol. The van der Waals surface area contributed by atoms with Gasteiger partial charge in [-0.25, -0.2) is 17.7 Å². The van der Waals surface area contributed by atoms with Crippen LogP contribution in [-0.2, 0) is 16.1 Å². The lowest BCUT2D eigenvalue weighted by atomic mass is 10.00. The number of nitrogens with one attached hydrogen (secondary N) is 1. The SMILES string of the molecule is CN(C)CCCC(=O)Nc1cc(F)ccc1N(c1ccc2c(c1C(=O)O)OCC1CC21)S(=O)O. The Balaban J connectivity index is 1.73. The van der Waals surface area contributed by atoms with E-state index in [9.17, 15) is 27.8 Å². The molecule has 1 amide bonds. The average molecular weight is 492 g/mol. The highest BCUT2D eigenvalue weighted by molar-refractivity contribution is 7.81. The van der Waals surface area contributed by atoms with Gasteiger partial charge in [-0.3, -0.25) is 9.35 Å². The van der Waals surface area contributed by atoms with Gasteiger partial charge in [-0.1, -0.05) is 6.07 Å². The fourth-order valence-electron chi connectivity index (χ4n) is 4.27. The first-order chi connectivity index (χ1) is 16.2. The molecule has 0 saturated heterocycles. The van der Waals surface area contributed by atoms with Crippen LogP contribution in [0.3, 0.4) is 0 Å². The molecule has 0 aromatic heterocycles. The van der Waals surface area contributed by atoms with Gasteiger partial charge in [0, 0.05) is 12.3 Å². The Morgan fingerprint density at radius 3 is 2.65 bits per heavy atom. The zero-order chi connectivity index (χ0) is 24.6. The molecule has 11 heteroatoms. The Labute approximate surface area is 198 Å². The first kappa shape index (κ1) is 24.1. The number of rotatable bonds is 9. The summed E-state index contributed by atoms with van der Waals surface area (Å²) < 4.78 is 43.3. The van der Waals surface area contributed by atoms with Crippen molar-refractivity contribution in [3.8, 4) is 5.75 Å². The van der Waals surface area contributed by atoms with Gasteiger partial charge in [0.05, 0.1) is 23.7 Å². The maximum atomic E-state index is 14.1. The van der Waals surface area contributed by atoms with Crippen LogP contribution in [0.5, 0.6) is 5.75 Å². The number of benzene rings is 2. The molecule has 2 aromatic rings. The van der Waals surface area contributed by atoms with E-state index in [-0.39, 0.29) is 40.7 Å². The summed E-state index contributed by atoms with van der Waals surface area (Å²) in [6.07, 6.45) is 1.63. The quantitative estimate of drug-likeness (QED) is 0.459. The van der Waals surface area contributed by atoms with Crippen LogP contribution in [0, 0.1) is 11.7 Å². The lowest BCUT2D eigenvalue weighted by Gasteiger charge is -2.27. The highest BCUT2D eigenvalue weighted by atomic mass is 32.2. The highest BCUT2D eigenvalue weighted by Gasteiger charge is 2.46. The minimum absolute atomic E-state index is 0.0225. The summed E-state index contributed by atoms with van der Waals surface area (Å²) in [5, 5.41) is 12.6. The van der Waals surface area contributed by atoms with Crippen LogP contribution in [0.1, 0.15) is 41.1 Å². The number of carboxylic acids is 1. The van der Waals surface area contributed by atoms with Crippen molar-refractivity contribution in [2.24, 2.45) is 5.92 Å². The van der Waals surface area contributed by atoms with Crippen molar-refractivity contribution in [3.63, 3.8) is 0 Å². The Hall–Kier alpha value is -3.02. The molecule has 1 aliphatic heterocycles. The van der Waals surface area contributed by atoms with E-state index in [0.29, 0.717) is 25.5 Å². The van der Waals surface area contributed by atoms with E-state index in [1.165, 1.54) is 12.1 Å². The molecular formula is C23H26FN3O6S. The van der Waals surface area contributed by atoms with Crippen LogP contribution in [0.15, 0.2) is 30.3 Å². The number of hydrogen-bond acceptors (Lipinski definition) is 5. The van der Waals surface area contributed by atoms with Gasteiger partial charge in [0.1, 0.15) is 17.1 Å². The Bertz CT molecular complexity index is 1160. The highest BCUT2D eigenvalue weighted by Crippen LogP contribution is 2.56. The third-order valence-corrected chi connectivity index (χ3v) is 6.69. The van der Waals surface area contributed by atoms with E-state index in [1.54, 1.807) is 6.07 Å². The molecule has 3 atom stereocenters. The molecule has 4 rings (SSSR count). The Kier molecular flexibility index (Phi) is 6.87. The van der Waals surface area contributed by atoms with Gasteiger partial charge in [0.25, 0.3) is 11.3 Å². The molecule has 1 saturated carbocycles. The van der Waals surface area contributed by atoms with Crippen molar-refractivity contribution in [2.75, 3.05) is 36.9 Å². The van der Waals surface area contributed by atoms with Crippen molar-refractivity contribution in [1.29, 1.82) is 0 Å². The number of hydrogen-bond donors (Lipinski definition) is 3. The standard InChI is InChI=1S/C23H26FN3O6S/c1-26(2)9-3-4-20(28)25-17-11-14(24)5-7-18(17)27(34(31)32)19-8-6-15-16-10-13(16)12-33-22(15)21(19)23(29)30/h5-8,11,13,16H,3-4,9-10,12H2,1-2H3,(H,25,28)(H,29,30)(H,31,32). The lowest BCUT2D eigenvalue weighted by molar-refractivity contribution is -0.116. The largest absolute Gasteiger partial charge is 0.492 e. The van der Waals surface area contributed by atoms with Crippen molar-refractivity contribution in [1.82, 2.24) is 4.90 Å². The van der Waals surface area contributed by atoms with Crippen LogP contribution >= 0.6 is 0 Å². The van der Waals surface area contributed by atoms with Gasteiger partial charge in [-0.05, 0) is 69.2 Å². The fraction of sp³-hybridized carbons (Fsp3) is 0.391. The van der Waals surface area contributed by atoms with Crippen LogP contribution in [0.2, 0.25) is 0 Å². The van der Waals surface area contributed by atoms with E-state index >= 15 is 0 Å². The van der Waals surface area contributed by atoms with E-state index in [0.717, 1.165) is 28.4 Å². The van der Waals surface area contributed by atoms with Crippen molar-refractivity contribution in [3.05, 3.63) is 47.3 Å². The maximum Gasteiger partial charge on any atom is 0.341 e. The van der Waals surface area contributed by atoms with E-state index in [2.05, 4.69) is 5.32 Å². The summed E-state index contributed by atoms with van der Waals surface area (Å²) in [7, 11) is 3.76. The molecule has 2 aromatic carbocycles. The zero-order valence-corrected chi connectivity index (χ0v) is 19.6. The first-order valence-corrected chi connectivity index (χ1v) is 11.9. The molecule has 2 aliphatic rings. The van der Waals surface area contributed by atoms with Crippen molar-refractivity contribution < 1.29 is 32.6 Å². The predicted octanol–water partition coefficient (Wildman–Crippen LogP) is 3.57. The number of ether oxygens (including phenoxy) is 1. The van der Waals surface area contributed by atoms with Gasteiger partial charge in [-0.2, -0.15) is 0 Å². The molecule has 34 heavy (non-hydrogen) atoms. The smallest absolute Gasteiger partial charge is 0.341 e. The van der Waals surface area contributed by atoms with E-state index in [1.807, 2.05) is 19.0 Å². The summed E-state index contributed by atoms with van der Waals surface area (Å²) in [4.78, 5) is 26.6. The molecule has 9 nitrogen and oxygen atoms in total. The summed E-state index contributed by atoms with van der Waals surface area (Å²) in [6.45, 7) is 1.06. The van der Waals surface area contributed by atoms with Crippen LogP contribution in [-0.4, -0.2) is 57.9 Å². The Morgan fingerprint density at radius 1 is 1.24 bits per heavy atom. The molecule has 3 N–H and O–H groups in total. The number of halogens is 1. The Morgan fingerprint density at radius 2 is 1.97 bits per heavy atom. The second-order valence-corrected chi connectivity index (χ2v) is 9.56. The molecule has 0 spiro atoms. The zero-order valence-electron chi connectivity index (χ0n) is 18.8. The number of anilines is 3. The summed E-state index contributed by atoms with van der Waals surface area (Å²) in [6, 6.07) is 6.47. The molecule has 0 bridgehead atoms. The summed E-state index contributed by atoms with van der Waals surface area (Å²) in [5.74, 6) is -1.64.